The standard InChI is InChI=1S/C18H18N4O4/c23-11-21-5-7-22(8-6-21)14-2-3-15(19-10-14)18(24)20-13-1-4-16-17(9-13)26-12-25-16/h1-4,9-11H,5-8,12H2,(H,20,24). The molecule has 2 amide bonds. The summed E-state index contributed by atoms with van der Waals surface area (Å²) < 4.78 is 10.6. The quantitative estimate of drug-likeness (QED) is 0.835. The van der Waals surface area contributed by atoms with Crippen LogP contribution >= 0.6 is 0 Å². The third-order valence-electron chi connectivity index (χ3n) is 4.44. The third-order valence-corrected chi connectivity index (χ3v) is 4.44. The SMILES string of the molecule is O=CN1CCN(c2ccc(C(=O)Nc3ccc4c(c3)OCO4)nc2)CC1. The summed E-state index contributed by atoms with van der Waals surface area (Å²) in [5.74, 6) is 0.988. The zero-order valence-electron chi connectivity index (χ0n) is 14.1. The number of amides is 2. The summed E-state index contributed by atoms with van der Waals surface area (Å²) >= 11 is 0. The maximum atomic E-state index is 12.4. The highest BCUT2D eigenvalue weighted by Gasteiger charge is 2.18. The number of ether oxygens (including phenoxy) is 2. The third kappa shape index (κ3) is 3.26. The molecule has 1 fully saturated rings. The van der Waals surface area contributed by atoms with Crippen LogP contribution in [0, 0.1) is 0 Å². The fourth-order valence-corrected chi connectivity index (χ4v) is 2.96. The molecule has 2 aliphatic rings. The lowest BCUT2D eigenvalue weighted by molar-refractivity contribution is -0.118. The first-order valence-electron chi connectivity index (χ1n) is 8.34. The highest BCUT2D eigenvalue weighted by atomic mass is 16.7. The van der Waals surface area contributed by atoms with Gasteiger partial charge in [0.2, 0.25) is 13.2 Å². The van der Waals surface area contributed by atoms with E-state index in [2.05, 4.69) is 15.2 Å². The average molecular weight is 354 g/mol. The first kappa shape index (κ1) is 16.2. The highest BCUT2D eigenvalue weighted by molar-refractivity contribution is 6.03. The van der Waals surface area contributed by atoms with Crippen LogP contribution in [-0.2, 0) is 4.79 Å². The van der Waals surface area contributed by atoms with Crippen molar-refractivity contribution in [1.29, 1.82) is 0 Å². The number of rotatable bonds is 4. The average Bonchev–Trinajstić information content (AvgIpc) is 3.16. The molecule has 0 unspecified atom stereocenters. The van der Waals surface area contributed by atoms with Crippen LogP contribution in [0.25, 0.3) is 0 Å². The van der Waals surface area contributed by atoms with E-state index >= 15 is 0 Å². The number of piperazine rings is 1. The summed E-state index contributed by atoms with van der Waals surface area (Å²) in [4.78, 5) is 31.3. The molecular weight excluding hydrogens is 336 g/mol. The molecule has 2 aliphatic heterocycles. The summed E-state index contributed by atoms with van der Waals surface area (Å²) in [5, 5.41) is 2.80. The number of carbonyl (C=O) groups excluding carboxylic acids is 2. The Hall–Kier alpha value is -3.29. The van der Waals surface area contributed by atoms with Gasteiger partial charge in [-0.15, -0.1) is 0 Å². The first-order valence-corrected chi connectivity index (χ1v) is 8.34. The van der Waals surface area contributed by atoms with Gasteiger partial charge in [0.05, 0.1) is 11.9 Å². The van der Waals surface area contributed by atoms with Crippen LogP contribution in [0.15, 0.2) is 36.5 Å². The lowest BCUT2D eigenvalue weighted by atomic mass is 10.2. The van der Waals surface area contributed by atoms with E-state index in [0.717, 1.165) is 25.2 Å². The lowest BCUT2D eigenvalue weighted by Gasteiger charge is -2.33. The van der Waals surface area contributed by atoms with E-state index in [1.807, 2.05) is 6.07 Å². The second-order valence-electron chi connectivity index (χ2n) is 6.05. The molecule has 26 heavy (non-hydrogen) atoms. The van der Waals surface area contributed by atoms with E-state index in [-0.39, 0.29) is 12.7 Å². The predicted molar refractivity (Wildman–Crippen MR) is 94.6 cm³/mol. The largest absolute Gasteiger partial charge is 0.454 e. The molecule has 1 aromatic heterocycles. The number of nitrogens with one attached hydrogen (secondary N) is 1. The van der Waals surface area contributed by atoms with Crippen LogP contribution in [0.2, 0.25) is 0 Å². The van der Waals surface area contributed by atoms with Gasteiger partial charge >= 0.3 is 0 Å². The number of hydrogen-bond acceptors (Lipinski definition) is 6. The number of nitrogens with zero attached hydrogens (tertiary/aromatic N) is 3. The van der Waals surface area contributed by atoms with Crippen molar-refractivity contribution in [2.24, 2.45) is 0 Å². The first-order chi connectivity index (χ1) is 12.7. The van der Waals surface area contributed by atoms with E-state index in [0.29, 0.717) is 36.0 Å². The van der Waals surface area contributed by atoms with Crippen LogP contribution < -0.4 is 19.7 Å². The Morgan fingerprint density at radius 1 is 1.08 bits per heavy atom. The molecular formula is C18H18N4O4. The van der Waals surface area contributed by atoms with E-state index < -0.39 is 0 Å². The van der Waals surface area contributed by atoms with E-state index in [1.165, 1.54) is 0 Å². The summed E-state index contributed by atoms with van der Waals surface area (Å²) in [6.07, 6.45) is 2.56. The number of aromatic nitrogens is 1. The van der Waals surface area contributed by atoms with Gasteiger partial charge in [-0.05, 0) is 24.3 Å². The van der Waals surface area contributed by atoms with Crippen LogP contribution in [0.3, 0.4) is 0 Å². The molecule has 0 saturated carbocycles. The summed E-state index contributed by atoms with van der Waals surface area (Å²) in [7, 11) is 0. The van der Waals surface area contributed by atoms with Crippen LogP contribution in [0.4, 0.5) is 11.4 Å². The Morgan fingerprint density at radius 3 is 2.62 bits per heavy atom. The Balaban J connectivity index is 1.40. The van der Waals surface area contributed by atoms with Gasteiger partial charge in [-0.1, -0.05) is 0 Å². The van der Waals surface area contributed by atoms with Crippen molar-refractivity contribution in [3.05, 3.63) is 42.2 Å². The van der Waals surface area contributed by atoms with Gasteiger partial charge < -0.3 is 24.6 Å². The molecule has 0 spiro atoms. The molecule has 0 aliphatic carbocycles. The highest BCUT2D eigenvalue weighted by Crippen LogP contribution is 2.34. The molecule has 8 nitrogen and oxygen atoms in total. The van der Waals surface area contributed by atoms with Gasteiger partial charge in [0.15, 0.2) is 11.5 Å². The van der Waals surface area contributed by atoms with Gasteiger partial charge in [0.25, 0.3) is 5.91 Å². The topological polar surface area (TPSA) is 84.0 Å². The molecule has 8 heteroatoms. The van der Waals surface area contributed by atoms with E-state index in [9.17, 15) is 9.59 Å². The molecule has 134 valence electrons. The summed E-state index contributed by atoms with van der Waals surface area (Å²) in [6.45, 7) is 3.08. The van der Waals surface area contributed by atoms with Gasteiger partial charge in [0, 0.05) is 37.9 Å². The molecule has 4 rings (SSSR count). The zero-order valence-corrected chi connectivity index (χ0v) is 14.1. The fraction of sp³-hybridized carbons (Fsp3) is 0.278. The number of anilines is 2. The second-order valence-corrected chi connectivity index (χ2v) is 6.05. The van der Waals surface area contributed by atoms with Crippen molar-refractivity contribution < 1.29 is 19.1 Å². The van der Waals surface area contributed by atoms with E-state index in [4.69, 9.17) is 9.47 Å². The van der Waals surface area contributed by atoms with Gasteiger partial charge in [-0.25, -0.2) is 4.98 Å². The second kappa shape index (κ2) is 6.91. The Labute approximate surface area is 150 Å². The lowest BCUT2D eigenvalue weighted by Crippen LogP contribution is -2.45. The maximum Gasteiger partial charge on any atom is 0.274 e. The predicted octanol–water partition coefficient (Wildman–Crippen LogP) is 1.34. The molecule has 0 radical (unpaired) electrons. The van der Waals surface area contributed by atoms with Gasteiger partial charge in [0.1, 0.15) is 5.69 Å². The minimum atomic E-state index is -0.291. The maximum absolute atomic E-state index is 12.4. The molecule has 3 heterocycles. The Morgan fingerprint density at radius 2 is 1.88 bits per heavy atom. The summed E-state index contributed by atoms with van der Waals surface area (Å²) in [6, 6.07) is 8.81. The van der Waals surface area contributed by atoms with Crippen molar-refractivity contribution >= 4 is 23.7 Å². The molecule has 0 atom stereocenters. The summed E-state index contributed by atoms with van der Waals surface area (Å²) in [5.41, 5.74) is 1.89. The number of pyridine rings is 1. The monoisotopic (exact) mass is 354 g/mol. The Kier molecular flexibility index (Phi) is 4.30. The normalized spacial score (nSPS) is 15.7. The molecule has 1 aromatic carbocycles. The van der Waals surface area contributed by atoms with Crippen molar-refractivity contribution in [2.45, 2.75) is 0 Å². The number of fused-ring (bicyclic) bond motifs is 1. The molecule has 1 N–H and O–H groups in total. The van der Waals surface area contributed by atoms with Gasteiger partial charge in [-0.3, -0.25) is 9.59 Å². The zero-order chi connectivity index (χ0) is 17.9. The minimum Gasteiger partial charge on any atom is -0.454 e. The smallest absolute Gasteiger partial charge is 0.274 e. The van der Waals surface area contributed by atoms with Crippen LogP contribution in [0.1, 0.15) is 10.5 Å². The van der Waals surface area contributed by atoms with Crippen molar-refractivity contribution in [3.8, 4) is 11.5 Å². The minimum absolute atomic E-state index is 0.191. The van der Waals surface area contributed by atoms with Crippen LogP contribution in [-0.4, -0.2) is 55.2 Å². The Bertz CT molecular complexity index is 816. The number of benzene rings is 1. The van der Waals surface area contributed by atoms with E-state index in [1.54, 1.807) is 35.4 Å². The van der Waals surface area contributed by atoms with Gasteiger partial charge in [-0.2, -0.15) is 0 Å². The number of hydrogen-bond donors (Lipinski definition) is 1. The van der Waals surface area contributed by atoms with Crippen LogP contribution in [0.5, 0.6) is 11.5 Å². The molecule has 1 saturated heterocycles. The van der Waals surface area contributed by atoms with Crippen molar-refractivity contribution in [1.82, 2.24) is 9.88 Å². The number of carbonyl (C=O) groups is 2. The van der Waals surface area contributed by atoms with Crippen molar-refractivity contribution in [3.63, 3.8) is 0 Å². The molecule has 2 aromatic rings. The fourth-order valence-electron chi connectivity index (χ4n) is 2.96. The molecule has 0 bridgehead atoms. The van der Waals surface area contributed by atoms with Crippen molar-refractivity contribution in [2.75, 3.05) is 43.2 Å².